The highest BCUT2D eigenvalue weighted by molar-refractivity contribution is 9.11. The van der Waals surface area contributed by atoms with E-state index in [1.165, 1.54) is 9.35 Å². The molecule has 2 rings (SSSR count). The van der Waals surface area contributed by atoms with Gasteiger partial charge in [-0.25, -0.2) is 0 Å². The fraction of sp³-hybridized carbons (Fsp3) is 0.556. The Morgan fingerprint density at radius 1 is 1.69 bits per heavy atom. The van der Waals surface area contributed by atoms with Gasteiger partial charge in [-0.1, -0.05) is 0 Å². The van der Waals surface area contributed by atoms with Crippen LogP contribution in [0.4, 0.5) is 0 Å². The molecule has 1 aromatic rings. The number of hydrogen-bond donors (Lipinski definition) is 1. The Morgan fingerprint density at radius 2 is 2.54 bits per heavy atom. The lowest BCUT2D eigenvalue weighted by Crippen LogP contribution is -2.26. The smallest absolute Gasteiger partial charge is 0.0701 e. The van der Waals surface area contributed by atoms with Crippen LogP contribution in [0.5, 0.6) is 0 Å². The number of likely N-dealkylation sites (tertiary alicyclic amines) is 1. The molecule has 2 N–H and O–H groups in total. The monoisotopic (exact) mass is 260 g/mol. The Kier molecular flexibility index (Phi) is 3.03. The van der Waals surface area contributed by atoms with Crippen molar-refractivity contribution in [1.82, 2.24) is 4.90 Å². The Balaban J connectivity index is 1.91. The van der Waals surface area contributed by atoms with Crippen LogP contribution >= 0.6 is 27.3 Å². The number of hydrogen-bond acceptors (Lipinski definition) is 3. The first-order valence-corrected chi connectivity index (χ1v) is 6.12. The van der Waals surface area contributed by atoms with Gasteiger partial charge in [-0.15, -0.1) is 11.3 Å². The summed E-state index contributed by atoms with van der Waals surface area (Å²) in [7, 11) is 0. The molecule has 0 saturated carbocycles. The second-order valence-electron chi connectivity index (χ2n) is 3.54. The standard InChI is InChI=1S/C9H13BrN2S/c10-9-3-7(6-13-9)4-12-2-1-8(11)5-12/h3,6,8H,1-2,4-5,11H2/t8-/m0/s1. The quantitative estimate of drug-likeness (QED) is 0.882. The normalized spacial score (nSPS) is 24.0. The number of rotatable bonds is 2. The molecule has 0 radical (unpaired) electrons. The molecule has 0 aromatic carbocycles. The van der Waals surface area contributed by atoms with Crippen molar-refractivity contribution in [3.05, 3.63) is 20.8 Å². The Labute approximate surface area is 90.9 Å². The van der Waals surface area contributed by atoms with E-state index >= 15 is 0 Å². The lowest BCUT2D eigenvalue weighted by atomic mass is 10.3. The summed E-state index contributed by atoms with van der Waals surface area (Å²) >= 11 is 5.22. The molecule has 4 heteroatoms. The topological polar surface area (TPSA) is 29.3 Å². The van der Waals surface area contributed by atoms with Gasteiger partial charge in [0.1, 0.15) is 0 Å². The first-order valence-electron chi connectivity index (χ1n) is 4.45. The van der Waals surface area contributed by atoms with Crippen LogP contribution < -0.4 is 5.73 Å². The lowest BCUT2D eigenvalue weighted by molar-refractivity contribution is 0.327. The summed E-state index contributed by atoms with van der Waals surface area (Å²) in [6.45, 7) is 3.25. The van der Waals surface area contributed by atoms with Crippen LogP contribution in [0.15, 0.2) is 15.2 Å². The van der Waals surface area contributed by atoms with E-state index in [0.29, 0.717) is 6.04 Å². The van der Waals surface area contributed by atoms with Crippen molar-refractivity contribution >= 4 is 27.3 Å². The molecule has 0 bridgehead atoms. The molecule has 1 saturated heterocycles. The molecular formula is C9H13BrN2S. The van der Waals surface area contributed by atoms with Crippen LogP contribution in [-0.2, 0) is 6.54 Å². The van der Waals surface area contributed by atoms with Crippen LogP contribution in [0.2, 0.25) is 0 Å². The molecule has 1 atom stereocenters. The van der Waals surface area contributed by atoms with Gasteiger partial charge in [-0.05, 0) is 39.4 Å². The third-order valence-corrected chi connectivity index (χ3v) is 3.89. The zero-order valence-electron chi connectivity index (χ0n) is 7.37. The molecule has 1 aromatic heterocycles. The van der Waals surface area contributed by atoms with Gasteiger partial charge in [0.2, 0.25) is 0 Å². The van der Waals surface area contributed by atoms with Crippen LogP contribution in [0.3, 0.4) is 0 Å². The van der Waals surface area contributed by atoms with E-state index in [4.69, 9.17) is 5.73 Å². The summed E-state index contributed by atoms with van der Waals surface area (Å²) in [5.41, 5.74) is 7.23. The maximum atomic E-state index is 5.84. The first kappa shape index (κ1) is 9.65. The Bertz CT molecular complexity index is 287. The minimum atomic E-state index is 0.391. The molecule has 0 unspecified atom stereocenters. The molecule has 1 aliphatic heterocycles. The van der Waals surface area contributed by atoms with Crippen LogP contribution in [-0.4, -0.2) is 24.0 Å². The minimum absolute atomic E-state index is 0.391. The highest BCUT2D eigenvalue weighted by atomic mass is 79.9. The van der Waals surface area contributed by atoms with Crippen LogP contribution in [0.1, 0.15) is 12.0 Å². The highest BCUT2D eigenvalue weighted by Gasteiger charge is 2.18. The fourth-order valence-corrected chi connectivity index (χ4v) is 2.89. The van der Waals surface area contributed by atoms with E-state index < -0.39 is 0 Å². The Hall–Kier alpha value is 0.100. The van der Waals surface area contributed by atoms with Crippen LogP contribution in [0, 0.1) is 0 Å². The first-order chi connectivity index (χ1) is 6.24. The van der Waals surface area contributed by atoms with Gasteiger partial charge >= 0.3 is 0 Å². The second-order valence-corrected chi connectivity index (χ2v) is 5.83. The molecule has 1 aliphatic rings. The fourth-order valence-electron chi connectivity index (χ4n) is 1.69. The third-order valence-electron chi connectivity index (χ3n) is 2.34. The SMILES string of the molecule is N[C@H]1CCN(Cc2csc(Br)c2)C1. The van der Waals surface area contributed by atoms with Gasteiger partial charge in [0.05, 0.1) is 3.79 Å². The van der Waals surface area contributed by atoms with Crippen LogP contribution in [0.25, 0.3) is 0 Å². The van der Waals surface area contributed by atoms with Crippen molar-refractivity contribution in [1.29, 1.82) is 0 Å². The van der Waals surface area contributed by atoms with Crippen molar-refractivity contribution in [2.75, 3.05) is 13.1 Å². The molecule has 2 nitrogen and oxygen atoms in total. The lowest BCUT2D eigenvalue weighted by Gasteiger charge is -2.13. The molecule has 1 fully saturated rings. The summed E-state index contributed by atoms with van der Waals surface area (Å²) in [4.78, 5) is 2.42. The Morgan fingerprint density at radius 3 is 3.08 bits per heavy atom. The van der Waals surface area contributed by atoms with Crippen molar-refractivity contribution in [2.45, 2.75) is 19.0 Å². The third kappa shape index (κ3) is 2.53. The predicted molar refractivity (Wildman–Crippen MR) is 59.9 cm³/mol. The van der Waals surface area contributed by atoms with Gasteiger partial charge in [0.25, 0.3) is 0 Å². The maximum absolute atomic E-state index is 5.84. The van der Waals surface area contributed by atoms with Crippen molar-refractivity contribution < 1.29 is 0 Å². The van der Waals surface area contributed by atoms with Gasteiger partial charge < -0.3 is 5.73 Å². The van der Waals surface area contributed by atoms with Gasteiger partial charge in [-0.2, -0.15) is 0 Å². The summed E-state index contributed by atoms with van der Waals surface area (Å²) in [5, 5.41) is 2.20. The molecule has 0 amide bonds. The summed E-state index contributed by atoms with van der Waals surface area (Å²) < 4.78 is 1.21. The van der Waals surface area contributed by atoms with E-state index in [0.717, 1.165) is 26.1 Å². The highest BCUT2D eigenvalue weighted by Crippen LogP contribution is 2.22. The average molecular weight is 261 g/mol. The number of nitrogens with two attached hydrogens (primary N) is 1. The number of halogens is 1. The largest absolute Gasteiger partial charge is 0.326 e. The number of thiophene rings is 1. The minimum Gasteiger partial charge on any atom is -0.326 e. The molecule has 2 heterocycles. The molecule has 72 valence electrons. The van der Waals surface area contributed by atoms with E-state index in [1.807, 2.05) is 0 Å². The van der Waals surface area contributed by atoms with Gasteiger partial charge in [-0.3, -0.25) is 4.90 Å². The zero-order valence-corrected chi connectivity index (χ0v) is 9.77. The molecule has 0 aliphatic carbocycles. The molecule has 0 spiro atoms. The molecule has 13 heavy (non-hydrogen) atoms. The van der Waals surface area contributed by atoms with E-state index in [-0.39, 0.29) is 0 Å². The average Bonchev–Trinajstić information content (AvgIpc) is 2.62. The van der Waals surface area contributed by atoms with E-state index in [9.17, 15) is 0 Å². The van der Waals surface area contributed by atoms with E-state index in [1.54, 1.807) is 11.3 Å². The molecular weight excluding hydrogens is 248 g/mol. The summed E-state index contributed by atoms with van der Waals surface area (Å²) in [6.07, 6.45) is 1.14. The van der Waals surface area contributed by atoms with Gasteiger partial charge in [0.15, 0.2) is 0 Å². The van der Waals surface area contributed by atoms with E-state index in [2.05, 4.69) is 32.3 Å². The predicted octanol–water partition coefficient (Wildman–Crippen LogP) is 2.04. The van der Waals surface area contributed by atoms with Crippen molar-refractivity contribution in [3.63, 3.8) is 0 Å². The zero-order chi connectivity index (χ0) is 9.26. The van der Waals surface area contributed by atoms with Gasteiger partial charge in [0, 0.05) is 25.7 Å². The summed E-state index contributed by atoms with van der Waals surface area (Å²) in [6, 6.07) is 2.58. The number of nitrogens with zero attached hydrogens (tertiary/aromatic N) is 1. The summed E-state index contributed by atoms with van der Waals surface area (Å²) in [5.74, 6) is 0. The van der Waals surface area contributed by atoms with Crippen molar-refractivity contribution in [2.24, 2.45) is 5.73 Å². The maximum Gasteiger partial charge on any atom is 0.0701 e. The second kappa shape index (κ2) is 4.09. The van der Waals surface area contributed by atoms with Crippen molar-refractivity contribution in [3.8, 4) is 0 Å².